The van der Waals surface area contributed by atoms with Crippen LogP contribution in [0.1, 0.15) is 6.42 Å². The molecular formula is C11H16N4O. The molecule has 0 saturated carbocycles. The predicted octanol–water partition coefficient (Wildman–Crippen LogP) is 0.391. The van der Waals surface area contributed by atoms with E-state index in [1.54, 1.807) is 37.6 Å². The number of anilines is 1. The van der Waals surface area contributed by atoms with Gasteiger partial charge >= 0.3 is 0 Å². The quantitative estimate of drug-likeness (QED) is 0.723. The third kappa shape index (κ3) is 2.13. The van der Waals surface area contributed by atoms with E-state index < -0.39 is 0 Å². The molecule has 2 heterocycles. The minimum Gasteiger partial charge on any atom is -0.355 e. The highest BCUT2D eigenvalue weighted by Gasteiger charge is 2.29. The number of hydrogen-bond acceptors (Lipinski definition) is 4. The highest BCUT2D eigenvalue weighted by atomic mass is 16.2. The van der Waals surface area contributed by atoms with Gasteiger partial charge in [-0.3, -0.25) is 9.78 Å². The number of rotatable bonds is 2. The Bertz CT molecular complexity index is 366. The molecule has 16 heavy (non-hydrogen) atoms. The number of amides is 1. The second-order valence-corrected chi connectivity index (χ2v) is 4.23. The van der Waals surface area contributed by atoms with Crippen molar-refractivity contribution >= 4 is 11.7 Å². The van der Waals surface area contributed by atoms with E-state index in [1.165, 1.54) is 0 Å². The molecule has 1 aliphatic heterocycles. The first kappa shape index (κ1) is 10.9. The lowest BCUT2D eigenvalue weighted by Crippen LogP contribution is -2.32. The van der Waals surface area contributed by atoms with E-state index in [4.69, 9.17) is 0 Å². The zero-order valence-corrected chi connectivity index (χ0v) is 9.63. The Kier molecular flexibility index (Phi) is 3.03. The molecule has 2 rings (SSSR count). The maximum absolute atomic E-state index is 11.8. The summed E-state index contributed by atoms with van der Waals surface area (Å²) in [5.41, 5.74) is 0. The Morgan fingerprint density at radius 2 is 2.31 bits per heavy atom. The topological polar surface area (TPSA) is 49.3 Å². The van der Waals surface area contributed by atoms with E-state index in [2.05, 4.69) is 14.9 Å². The molecule has 1 fully saturated rings. The number of nitrogens with zero attached hydrogens (tertiary/aromatic N) is 4. The summed E-state index contributed by atoms with van der Waals surface area (Å²) in [6.07, 6.45) is 5.97. The van der Waals surface area contributed by atoms with Gasteiger partial charge in [-0.05, 0) is 6.42 Å². The normalized spacial score (nSPS) is 19.9. The summed E-state index contributed by atoms with van der Waals surface area (Å²) in [5, 5.41) is 0. The first-order chi connectivity index (χ1) is 7.68. The van der Waals surface area contributed by atoms with Gasteiger partial charge in [-0.25, -0.2) is 4.98 Å². The molecule has 1 aromatic heterocycles. The average Bonchev–Trinajstić information content (AvgIpc) is 2.78. The summed E-state index contributed by atoms with van der Waals surface area (Å²) in [7, 11) is 3.60. The molecule has 1 amide bonds. The van der Waals surface area contributed by atoms with Crippen LogP contribution >= 0.6 is 0 Å². The van der Waals surface area contributed by atoms with E-state index in [0.29, 0.717) is 0 Å². The largest absolute Gasteiger partial charge is 0.355 e. The van der Waals surface area contributed by atoms with Crippen molar-refractivity contribution in [3.8, 4) is 0 Å². The van der Waals surface area contributed by atoms with Gasteiger partial charge in [-0.15, -0.1) is 0 Å². The molecule has 1 aromatic rings. The predicted molar refractivity (Wildman–Crippen MR) is 61.0 cm³/mol. The third-order valence-corrected chi connectivity index (χ3v) is 2.85. The second-order valence-electron chi connectivity index (χ2n) is 4.23. The fraction of sp³-hybridized carbons (Fsp3) is 0.545. The Morgan fingerprint density at radius 3 is 2.94 bits per heavy atom. The van der Waals surface area contributed by atoms with Crippen LogP contribution in [0.4, 0.5) is 5.82 Å². The average molecular weight is 220 g/mol. The Balaban J connectivity index is 2.01. The van der Waals surface area contributed by atoms with Gasteiger partial charge in [0.25, 0.3) is 0 Å². The molecule has 1 atom stereocenters. The molecule has 1 aliphatic rings. The van der Waals surface area contributed by atoms with Gasteiger partial charge in [0, 0.05) is 39.6 Å². The Morgan fingerprint density at radius 1 is 1.50 bits per heavy atom. The van der Waals surface area contributed by atoms with E-state index in [0.717, 1.165) is 25.3 Å². The van der Waals surface area contributed by atoms with Crippen LogP contribution in [-0.4, -0.2) is 48.0 Å². The fourth-order valence-corrected chi connectivity index (χ4v) is 1.99. The van der Waals surface area contributed by atoms with Gasteiger partial charge in [0.2, 0.25) is 5.91 Å². The first-order valence-electron chi connectivity index (χ1n) is 5.40. The minimum absolute atomic E-state index is 0.0945. The van der Waals surface area contributed by atoms with Gasteiger partial charge in [0.15, 0.2) is 0 Å². The summed E-state index contributed by atoms with van der Waals surface area (Å²) in [6.45, 7) is 1.62. The molecule has 0 unspecified atom stereocenters. The van der Waals surface area contributed by atoms with Crippen LogP contribution < -0.4 is 4.90 Å². The molecule has 0 aliphatic carbocycles. The van der Waals surface area contributed by atoms with Crippen LogP contribution in [-0.2, 0) is 4.79 Å². The number of carbonyl (C=O) groups excluding carboxylic acids is 1. The van der Waals surface area contributed by atoms with E-state index in [9.17, 15) is 4.79 Å². The van der Waals surface area contributed by atoms with Crippen LogP contribution in [0.5, 0.6) is 0 Å². The molecule has 0 bridgehead atoms. The van der Waals surface area contributed by atoms with Gasteiger partial charge in [0.1, 0.15) is 5.82 Å². The Labute approximate surface area is 95.1 Å². The number of aromatic nitrogens is 2. The smallest absolute Gasteiger partial charge is 0.227 e. The summed E-state index contributed by atoms with van der Waals surface area (Å²) in [6, 6.07) is 0. The first-order valence-corrected chi connectivity index (χ1v) is 5.40. The molecule has 86 valence electrons. The van der Waals surface area contributed by atoms with Crippen LogP contribution in [0.2, 0.25) is 0 Å². The van der Waals surface area contributed by atoms with Crippen LogP contribution in [0.25, 0.3) is 0 Å². The van der Waals surface area contributed by atoms with Crippen molar-refractivity contribution in [1.29, 1.82) is 0 Å². The van der Waals surface area contributed by atoms with Crippen molar-refractivity contribution in [3.05, 3.63) is 18.6 Å². The molecule has 0 N–H and O–H groups in total. The van der Waals surface area contributed by atoms with Gasteiger partial charge in [0.05, 0.1) is 12.1 Å². The van der Waals surface area contributed by atoms with Crippen molar-refractivity contribution in [3.63, 3.8) is 0 Å². The van der Waals surface area contributed by atoms with Crippen molar-refractivity contribution in [1.82, 2.24) is 14.9 Å². The maximum atomic E-state index is 11.8. The molecule has 0 radical (unpaired) electrons. The lowest BCUT2D eigenvalue weighted by Gasteiger charge is -2.18. The van der Waals surface area contributed by atoms with Crippen LogP contribution in [0.3, 0.4) is 0 Å². The fourth-order valence-electron chi connectivity index (χ4n) is 1.99. The Hall–Kier alpha value is -1.65. The number of hydrogen-bond donors (Lipinski definition) is 0. The monoisotopic (exact) mass is 220 g/mol. The van der Waals surface area contributed by atoms with Crippen molar-refractivity contribution < 1.29 is 4.79 Å². The van der Waals surface area contributed by atoms with Crippen LogP contribution in [0.15, 0.2) is 18.6 Å². The van der Waals surface area contributed by atoms with E-state index in [-0.39, 0.29) is 11.8 Å². The SMILES string of the molecule is CN(C)C(=O)[C@@H]1CCN(c2cnccn2)C1. The van der Waals surface area contributed by atoms with Gasteiger partial charge in [-0.1, -0.05) is 0 Å². The summed E-state index contributed by atoms with van der Waals surface area (Å²) in [4.78, 5) is 23.8. The molecular weight excluding hydrogens is 204 g/mol. The summed E-state index contributed by atoms with van der Waals surface area (Å²) in [5.74, 6) is 1.15. The highest BCUT2D eigenvalue weighted by Crippen LogP contribution is 2.22. The van der Waals surface area contributed by atoms with Crippen molar-refractivity contribution in [2.24, 2.45) is 5.92 Å². The summed E-state index contributed by atoms with van der Waals surface area (Å²) < 4.78 is 0. The zero-order chi connectivity index (χ0) is 11.5. The molecule has 1 saturated heterocycles. The van der Waals surface area contributed by atoms with E-state index >= 15 is 0 Å². The lowest BCUT2D eigenvalue weighted by molar-refractivity contribution is -0.132. The molecule has 5 nitrogen and oxygen atoms in total. The van der Waals surface area contributed by atoms with Crippen molar-refractivity contribution in [2.45, 2.75) is 6.42 Å². The lowest BCUT2D eigenvalue weighted by atomic mass is 10.1. The second kappa shape index (κ2) is 4.47. The third-order valence-electron chi connectivity index (χ3n) is 2.85. The standard InChI is InChI=1S/C11H16N4O/c1-14(2)11(16)9-3-6-15(8-9)10-7-12-4-5-13-10/h4-5,7,9H,3,6,8H2,1-2H3/t9-/m1/s1. The zero-order valence-electron chi connectivity index (χ0n) is 9.63. The molecule has 0 spiro atoms. The minimum atomic E-state index is 0.0945. The highest BCUT2D eigenvalue weighted by molar-refractivity contribution is 5.79. The molecule has 0 aromatic carbocycles. The van der Waals surface area contributed by atoms with E-state index in [1.807, 2.05) is 0 Å². The summed E-state index contributed by atoms with van der Waals surface area (Å²) >= 11 is 0. The van der Waals surface area contributed by atoms with Gasteiger partial charge < -0.3 is 9.80 Å². The number of carbonyl (C=O) groups is 1. The van der Waals surface area contributed by atoms with Gasteiger partial charge in [-0.2, -0.15) is 0 Å². The van der Waals surface area contributed by atoms with Crippen LogP contribution in [0, 0.1) is 5.92 Å². The maximum Gasteiger partial charge on any atom is 0.227 e. The molecule has 5 heteroatoms. The van der Waals surface area contributed by atoms with Crippen molar-refractivity contribution in [2.75, 3.05) is 32.1 Å².